The van der Waals surface area contributed by atoms with E-state index in [4.69, 9.17) is 14.0 Å². The van der Waals surface area contributed by atoms with Crippen molar-refractivity contribution in [2.45, 2.75) is 52.0 Å². The topological polar surface area (TPSA) is 60.6 Å². The molecular formula is C20H27N3O3. The molecule has 1 saturated carbocycles. The predicted octanol–water partition coefficient (Wildman–Crippen LogP) is 2.88. The Labute approximate surface area is 154 Å². The van der Waals surface area contributed by atoms with Crippen LogP contribution in [0.3, 0.4) is 0 Å². The molecule has 140 valence electrons. The number of rotatable bonds is 6. The Morgan fingerprint density at radius 3 is 2.85 bits per heavy atom. The molecule has 1 aliphatic heterocycles. The van der Waals surface area contributed by atoms with Gasteiger partial charge in [-0.3, -0.25) is 9.88 Å². The van der Waals surface area contributed by atoms with E-state index in [1.807, 2.05) is 38.4 Å². The molecule has 3 heterocycles. The summed E-state index contributed by atoms with van der Waals surface area (Å²) < 4.78 is 17.4. The molecule has 0 bridgehead atoms. The van der Waals surface area contributed by atoms with Gasteiger partial charge in [-0.15, -0.1) is 0 Å². The maximum Gasteiger partial charge on any atom is 0.138 e. The summed E-state index contributed by atoms with van der Waals surface area (Å²) in [6.45, 7) is 8.13. The Morgan fingerprint density at radius 1 is 1.23 bits per heavy atom. The molecule has 0 unspecified atom stereocenters. The summed E-state index contributed by atoms with van der Waals surface area (Å²) in [5, 5.41) is 4.09. The van der Waals surface area contributed by atoms with Gasteiger partial charge in [-0.25, -0.2) is 0 Å². The van der Waals surface area contributed by atoms with Crippen LogP contribution in [-0.4, -0.2) is 46.9 Å². The Morgan fingerprint density at radius 2 is 2.08 bits per heavy atom. The van der Waals surface area contributed by atoms with Crippen molar-refractivity contribution in [3.05, 3.63) is 47.1 Å². The molecule has 6 heteroatoms. The highest BCUT2D eigenvalue weighted by Crippen LogP contribution is 2.35. The smallest absolute Gasteiger partial charge is 0.138 e. The fourth-order valence-electron chi connectivity index (χ4n) is 4.21. The van der Waals surface area contributed by atoms with Crippen LogP contribution in [0.2, 0.25) is 0 Å². The van der Waals surface area contributed by atoms with Gasteiger partial charge in [0.2, 0.25) is 0 Å². The van der Waals surface area contributed by atoms with E-state index in [9.17, 15) is 0 Å². The fraction of sp³-hybridized carbons (Fsp3) is 0.600. The standard InChI is InChI=1S/C20H27N3O3/c1-14-18(15(2)26-22-14)11-23-7-8-25-20-10-17(9-19(20)23)13-24-12-16-3-5-21-6-4-16/h3-6,17,19-20H,7-13H2,1-2H3/t17-,19-,20+/m0/s1. The third kappa shape index (κ3) is 3.82. The van der Waals surface area contributed by atoms with Crippen LogP contribution in [0.4, 0.5) is 0 Å². The van der Waals surface area contributed by atoms with Crippen LogP contribution < -0.4 is 0 Å². The maximum absolute atomic E-state index is 6.06. The van der Waals surface area contributed by atoms with Crippen molar-refractivity contribution in [3.63, 3.8) is 0 Å². The largest absolute Gasteiger partial charge is 0.376 e. The van der Waals surface area contributed by atoms with Gasteiger partial charge < -0.3 is 14.0 Å². The zero-order valence-corrected chi connectivity index (χ0v) is 15.6. The molecule has 26 heavy (non-hydrogen) atoms. The molecule has 0 amide bonds. The number of pyridine rings is 1. The van der Waals surface area contributed by atoms with E-state index in [1.54, 1.807) is 0 Å². The zero-order valence-electron chi connectivity index (χ0n) is 15.6. The monoisotopic (exact) mass is 357 g/mol. The highest BCUT2D eigenvalue weighted by molar-refractivity contribution is 5.21. The number of aromatic nitrogens is 2. The van der Waals surface area contributed by atoms with Gasteiger partial charge in [0.05, 0.1) is 25.0 Å². The molecular weight excluding hydrogens is 330 g/mol. The molecule has 1 saturated heterocycles. The predicted molar refractivity (Wildman–Crippen MR) is 96.5 cm³/mol. The number of nitrogens with zero attached hydrogens (tertiary/aromatic N) is 3. The van der Waals surface area contributed by atoms with Crippen molar-refractivity contribution in [1.82, 2.24) is 15.0 Å². The number of ether oxygens (including phenoxy) is 2. The number of morpholine rings is 1. The van der Waals surface area contributed by atoms with Crippen molar-refractivity contribution in [2.24, 2.45) is 5.92 Å². The lowest BCUT2D eigenvalue weighted by Crippen LogP contribution is -2.48. The highest BCUT2D eigenvalue weighted by atomic mass is 16.5. The summed E-state index contributed by atoms with van der Waals surface area (Å²) in [5.41, 5.74) is 3.40. The second-order valence-electron chi connectivity index (χ2n) is 7.46. The minimum Gasteiger partial charge on any atom is -0.376 e. The lowest BCUT2D eigenvalue weighted by Gasteiger charge is -2.37. The Balaban J connectivity index is 1.32. The summed E-state index contributed by atoms with van der Waals surface area (Å²) in [7, 11) is 0. The molecule has 6 nitrogen and oxygen atoms in total. The first-order valence-electron chi connectivity index (χ1n) is 9.44. The highest BCUT2D eigenvalue weighted by Gasteiger charge is 2.41. The molecule has 0 spiro atoms. The second kappa shape index (κ2) is 7.86. The van der Waals surface area contributed by atoms with Gasteiger partial charge in [0.1, 0.15) is 5.76 Å². The van der Waals surface area contributed by atoms with Crippen LogP contribution in [0, 0.1) is 19.8 Å². The first-order valence-corrected chi connectivity index (χ1v) is 9.44. The van der Waals surface area contributed by atoms with E-state index in [1.165, 1.54) is 11.1 Å². The van der Waals surface area contributed by atoms with E-state index < -0.39 is 0 Å². The summed E-state index contributed by atoms with van der Waals surface area (Å²) in [5.74, 6) is 1.48. The first-order chi connectivity index (χ1) is 12.7. The van der Waals surface area contributed by atoms with Crippen molar-refractivity contribution >= 4 is 0 Å². The summed E-state index contributed by atoms with van der Waals surface area (Å²) >= 11 is 0. The summed E-state index contributed by atoms with van der Waals surface area (Å²) in [6, 6.07) is 4.47. The van der Waals surface area contributed by atoms with Crippen molar-refractivity contribution in [2.75, 3.05) is 19.8 Å². The summed E-state index contributed by atoms with van der Waals surface area (Å²) in [4.78, 5) is 6.59. The molecule has 0 aromatic carbocycles. The minimum atomic E-state index is 0.318. The molecule has 2 aliphatic rings. The van der Waals surface area contributed by atoms with Crippen LogP contribution in [0.1, 0.15) is 35.4 Å². The molecule has 1 aliphatic carbocycles. The quantitative estimate of drug-likeness (QED) is 0.792. The molecule has 4 rings (SSSR count). The van der Waals surface area contributed by atoms with Gasteiger partial charge in [-0.2, -0.15) is 0 Å². The fourth-order valence-corrected chi connectivity index (χ4v) is 4.21. The van der Waals surface area contributed by atoms with E-state index in [0.717, 1.165) is 50.6 Å². The third-order valence-corrected chi connectivity index (χ3v) is 5.66. The maximum atomic E-state index is 6.06. The van der Waals surface area contributed by atoms with Crippen LogP contribution >= 0.6 is 0 Å². The van der Waals surface area contributed by atoms with Crippen LogP contribution in [-0.2, 0) is 22.6 Å². The second-order valence-corrected chi connectivity index (χ2v) is 7.46. The molecule has 3 atom stereocenters. The van der Waals surface area contributed by atoms with Crippen molar-refractivity contribution in [1.29, 1.82) is 0 Å². The van der Waals surface area contributed by atoms with Gasteiger partial charge in [0, 0.05) is 43.7 Å². The van der Waals surface area contributed by atoms with Crippen molar-refractivity contribution in [3.8, 4) is 0 Å². The summed E-state index contributed by atoms with van der Waals surface area (Å²) in [6.07, 6.45) is 6.15. The Bertz CT molecular complexity index is 699. The van der Waals surface area contributed by atoms with Crippen LogP contribution in [0.15, 0.2) is 29.0 Å². The lowest BCUT2D eigenvalue weighted by atomic mass is 10.1. The molecule has 2 aromatic rings. The number of hydrogen-bond donors (Lipinski definition) is 0. The molecule has 0 radical (unpaired) electrons. The average molecular weight is 357 g/mol. The van der Waals surface area contributed by atoms with Crippen molar-refractivity contribution < 1.29 is 14.0 Å². The van der Waals surface area contributed by atoms with Gasteiger partial charge >= 0.3 is 0 Å². The van der Waals surface area contributed by atoms with Gasteiger partial charge in [-0.1, -0.05) is 5.16 Å². The number of fused-ring (bicyclic) bond motifs is 1. The van der Waals surface area contributed by atoms with Crippen LogP contribution in [0.5, 0.6) is 0 Å². The molecule has 2 aromatic heterocycles. The molecule has 2 fully saturated rings. The van der Waals surface area contributed by atoms with E-state index in [2.05, 4.69) is 15.0 Å². The van der Waals surface area contributed by atoms with E-state index in [0.29, 0.717) is 24.7 Å². The number of aryl methyl sites for hydroxylation is 2. The number of hydrogen-bond acceptors (Lipinski definition) is 6. The minimum absolute atomic E-state index is 0.318. The Kier molecular flexibility index (Phi) is 5.33. The first kappa shape index (κ1) is 17.6. The van der Waals surface area contributed by atoms with Gasteiger partial charge in [0.15, 0.2) is 0 Å². The Hall–Kier alpha value is -1.76. The lowest BCUT2D eigenvalue weighted by molar-refractivity contribution is -0.0593. The average Bonchev–Trinajstić information content (AvgIpc) is 3.21. The van der Waals surface area contributed by atoms with Crippen LogP contribution in [0.25, 0.3) is 0 Å². The van der Waals surface area contributed by atoms with E-state index in [-0.39, 0.29) is 0 Å². The van der Waals surface area contributed by atoms with Gasteiger partial charge in [-0.05, 0) is 50.3 Å². The SMILES string of the molecule is Cc1noc(C)c1CN1CCO[C@@H]2C[C@@H](COCc3ccncc3)C[C@@H]21. The van der Waals surface area contributed by atoms with E-state index >= 15 is 0 Å². The normalized spacial score (nSPS) is 26.2. The third-order valence-electron chi connectivity index (χ3n) is 5.66. The van der Waals surface area contributed by atoms with Gasteiger partial charge in [0.25, 0.3) is 0 Å². The zero-order chi connectivity index (χ0) is 17.9. The molecule has 0 N–H and O–H groups in total.